The van der Waals surface area contributed by atoms with Crippen molar-refractivity contribution in [3.05, 3.63) is 85.5 Å². The number of carbonyl (C=O) groups is 1. The Bertz CT molecular complexity index is 1180. The van der Waals surface area contributed by atoms with Gasteiger partial charge >= 0.3 is 5.69 Å². The van der Waals surface area contributed by atoms with E-state index in [1.807, 2.05) is 29.2 Å². The molecule has 3 rings (SSSR count). The summed E-state index contributed by atoms with van der Waals surface area (Å²) >= 11 is 6.84. The van der Waals surface area contributed by atoms with Crippen molar-refractivity contribution in [1.29, 1.82) is 0 Å². The molecule has 0 saturated heterocycles. The van der Waals surface area contributed by atoms with Gasteiger partial charge in [0.25, 0.3) is 5.56 Å². The molecule has 0 spiro atoms. The van der Waals surface area contributed by atoms with E-state index in [0.717, 1.165) is 22.9 Å². The lowest BCUT2D eigenvalue weighted by Crippen LogP contribution is -2.26. The molecule has 0 bridgehead atoms. The third-order valence-corrected chi connectivity index (χ3v) is 4.77. The smallest absolute Gasteiger partial charge is 0.342 e. The van der Waals surface area contributed by atoms with Crippen molar-refractivity contribution in [2.45, 2.75) is 11.6 Å². The molecular weight excluding hydrogens is 430 g/mol. The van der Waals surface area contributed by atoms with Gasteiger partial charge in [-0.3, -0.25) is 14.6 Å². The van der Waals surface area contributed by atoms with E-state index in [1.165, 1.54) is 6.21 Å². The first-order chi connectivity index (χ1) is 14.5. The van der Waals surface area contributed by atoms with Crippen molar-refractivity contribution < 1.29 is 9.53 Å². The lowest BCUT2D eigenvalue weighted by Gasteiger charge is -2.07. The summed E-state index contributed by atoms with van der Waals surface area (Å²) in [6.45, 7) is 0.368. The highest BCUT2D eigenvalue weighted by molar-refractivity contribution is 7.99. The number of aromatic nitrogens is 3. The van der Waals surface area contributed by atoms with Gasteiger partial charge in [-0.1, -0.05) is 47.6 Å². The standard InChI is InChI=1S/C19H16ClN5O4S/c20-14-5-1-4-13(7-14)10-29-15-6-2-3-12(8-15)9-21-23-16(26)11-30-18-17(27)22-19(28)25-24-18/h1-9H,10-11H2,(H,23,26)(H2,22,25,27,28)/b21-9+. The number of hydrogen-bond donors (Lipinski definition) is 3. The number of amides is 1. The van der Waals surface area contributed by atoms with Gasteiger partial charge in [0, 0.05) is 5.02 Å². The molecule has 0 saturated carbocycles. The van der Waals surface area contributed by atoms with Gasteiger partial charge in [0.2, 0.25) is 5.91 Å². The zero-order chi connectivity index (χ0) is 21.3. The number of nitrogens with one attached hydrogen (secondary N) is 3. The van der Waals surface area contributed by atoms with Crippen LogP contribution < -0.4 is 21.4 Å². The number of hydrogen-bond acceptors (Lipinski definition) is 7. The van der Waals surface area contributed by atoms with Gasteiger partial charge in [-0.25, -0.2) is 15.3 Å². The molecule has 2 aromatic carbocycles. The maximum atomic E-state index is 11.8. The lowest BCUT2D eigenvalue weighted by atomic mass is 10.2. The second kappa shape index (κ2) is 10.4. The molecule has 0 fully saturated rings. The van der Waals surface area contributed by atoms with Crippen molar-refractivity contribution >= 4 is 35.5 Å². The summed E-state index contributed by atoms with van der Waals surface area (Å²) in [5.41, 5.74) is 2.66. The zero-order valence-electron chi connectivity index (χ0n) is 15.4. The number of nitrogens with zero attached hydrogens (tertiary/aromatic N) is 2. The molecule has 0 aliphatic heterocycles. The van der Waals surface area contributed by atoms with Crippen LogP contribution in [0.1, 0.15) is 11.1 Å². The van der Waals surface area contributed by atoms with Crippen LogP contribution >= 0.6 is 23.4 Å². The summed E-state index contributed by atoms with van der Waals surface area (Å²) in [6.07, 6.45) is 1.47. The van der Waals surface area contributed by atoms with Crippen LogP contribution in [0, 0.1) is 0 Å². The average Bonchev–Trinajstić information content (AvgIpc) is 2.72. The van der Waals surface area contributed by atoms with E-state index in [0.29, 0.717) is 17.4 Å². The first-order valence-electron chi connectivity index (χ1n) is 8.60. The summed E-state index contributed by atoms with van der Waals surface area (Å²) in [7, 11) is 0. The summed E-state index contributed by atoms with van der Waals surface area (Å²) in [6, 6.07) is 14.6. The fraction of sp³-hybridized carbons (Fsp3) is 0.105. The highest BCUT2D eigenvalue weighted by Gasteiger charge is 2.07. The van der Waals surface area contributed by atoms with E-state index in [4.69, 9.17) is 16.3 Å². The molecule has 0 aliphatic rings. The molecule has 0 unspecified atom stereocenters. The second-order valence-electron chi connectivity index (χ2n) is 5.88. The van der Waals surface area contributed by atoms with Gasteiger partial charge < -0.3 is 4.74 Å². The first-order valence-corrected chi connectivity index (χ1v) is 9.97. The topological polar surface area (TPSA) is 129 Å². The second-order valence-corrected chi connectivity index (χ2v) is 7.29. The third-order valence-electron chi connectivity index (χ3n) is 3.58. The van der Waals surface area contributed by atoms with E-state index < -0.39 is 17.2 Å². The van der Waals surface area contributed by atoms with E-state index in [9.17, 15) is 14.4 Å². The Morgan fingerprint density at radius 2 is 2.07 bits per heavy atom. The first kappa shape index (κ1) is 21.3. The number of halogens is 1. The van der Waals surface area contributed by atoms with Crippen LogP contribution in [0.15, 0.2) is 68.2 Å². The van der Waals surface area contributed by atoms with Crippen molar-refractivity contribution in [2.75, 3.05) is 5.75 Å². The third kappa shape index (κ3) is 6.61. The number of aromatic amines is 2. The minimum Gasteiger partial charge on any atom is -0.489 e. The van der Waals surface area contributed by atoms with Gasteiger partial charge in [0.1, 0.15) is 12.4 Å². The molecule has 154 valence electrons. The van der Waals surface area contributed by atoms with Gasteiger partial charge in [-0.05, 0) is 35.4 Å². The molecular formula is C19H16ClN5O4S. The SMILES string of the molecule is O=C(CSc1n[nH]c(=O)[nH]c1=O)N/N=C/c1cccc(OCc2cccc(Cl)c2)c1. The Morgan fingerprint density at radius 1 is 1.23 bits per heavy atom. The highest BCUT2D eigenvalue weighted by Crippen LogP contribution is 2.16. The molecule has 1 heterocycles. The molecule has 30 heavy (non-hydrogen) atoms. The molecule has 3 N–H and O–H groups in total. The quantitative estimate of drug-likeness (QED) is 0.276. The molecule has 0 aliphatic carbocycles. The lowest BCUT2D eigenvalue weighted by molar-refractivity contribution is -0.118. The Labute approximate surface area is 179 Å². The monoisotopic (exact) mass is 445 g/mol. The Kier molecular flexibility index (Phi) is 7.41. The van der Waals surface area contributed by atoms with Gasteiger partial charge in [-0.15, -0.1) is 0 Å². The maximum Gasteiger partial charge on any atom is 0.342 e. The van der Waals surface area contributed by atoms with Crippen molar-refractivity contribution in [2.24, 2.45) is 5.10 Å². The zero-order valence-corrected chi connectivity index (χ0v) is 17.0. The number of ether oxygens (including phenoxy) is 1. The van der Waals surface area contributed by atoms with Gasteiger partial charge in [-0.2, -0.15) is 10.2 Å². The van der Waals surface area contributed by atoms with Crippen LogP contribution in [0.4, 0.5) is 0 Å². The molecule has 9 nitrogen and oxygen atoms in total. The van der Waals surface area contributed by atoms with E-state index in [1.54, 1.807) is 24.3 Å². The molecule has 0 radical (unpaired) electrons. The average molecular weight is 446 g/mol. The number of rotatable bonds is 8. The number of benzene rings is 2. The van der Waals surface area contributed by atoms with E-state index in [-0.39, 0.29) is 10.8 Å². The van der Waals surface area contributed by atoms with E-state index in [2.05, 4.69) is 20.7 Å². The number of hydrazone groups is 1. The minimum atomic E-state index is -0.711. The fourth-order valence-electron chi connectivity index (χ4n) is 2.26. The largest absolute Gasteiger partial charge is 0.489 e. The number of carbonyl (C=O) groups excluding carboxylic acids is 1. The van der Waals surface area contributed by atoms with Gasteiger partial charge in [0.05, 0.1) is 12.0 Å². The predicted molar refractivity (Wildman–Crippen MR) is 114 cm³/mol. The van der Waals surface area contributed by atoms with E-state index >= 15 is 0 Å². The van der Waals surface area contributed by atoms with Crippen LogP contribution in [-0.4, -0.2) is 33.1 Å². The normalized spacial score (nSPS) is 10.8. The van der Waals surface area contributed by atoms with Crippen LogP contribution in [0.2, 0.25) is 5.02 Å². The van der Waals surface area contributed by atoms with Crippen molar-refractivity contribution in [3.63, 3.8) is 0 Å². The highest BCUT2D eigenvalue weighted by atomic mass is 35.5. The molecule has 3 aromatic rings. The maximum absolute atomic E-state index is 11.8. The van der Waals surface area contributed by atoms with Crippen molar-refractivity contribution in [3.8, 4) is 5.75 Å². The molecule has 0 atom stereocenters. The molecule has 11 heteroatoms. The van der Waals surface area contributed by atoms with Crippen molar-refractivity contribution in [1.82, 2.24) is 20.6 Å². The van der Waals surface area contributed by atoms with Crippen LogP contribution in [0.5, 0.6) is 5.75 Å². The fourth-order valence-corrected chi connectivity index (χ4v) is 3.10. The number of thioether (sulfide) groups is 1. The van der Waals surface area contributed by atoms with Crippen LogP contribution in [-0.2, 0) is 11.4 Å². The Hall–Kier alpha value is -3.37. The summed E-state index contributed by atoms with van der Waals surface area (Å²) < 4.78 is 5.75. The summed E-state index contributed by atoms with van der Waals surface area (Å²) in [5, 5.41) is 10.2. The summed E-state index contributed by atoms with van der Waals surface area (Å²) in [5.74, 6) is 0.114. The summed E-state index contributed by atoms with van der Waals surface area (Å²) in [4.78, 5) is 36.3. The number of H-pyrrole nitrogens is 2. The minimum absolute atomic E-state index is 0.0155. The Morgan fingerprint density at radius 3 is 2.87 bits per heavy atom. The molecule has 1 aromatic heterocycles. The van der Waals surface area contributed by atoms with Crippen LogP contribution in [0.3, 0.4) is 0 Å². The predicted octanol–water partition coefficient (Wildman–Crippen LogP) is 1.93. The Balaban J connectivity index is 1.49. The van der Waals surface area contributed by atoms with Gasteiger partial charge in [0.15, 0.2) is 5.03 Å². The molecule has 1 amide bonds. The van der Waals surface area contributed by atoms with Crippen LogP contribution in [0.25, 0.3) is 0 Å².